The van der Waals surface area contributed by atoms with Crippen molar-refractivity contribution in [1.29, 1.82) is 0 Å². The average Bonchev–Trinajstić information content (AvgIpc) is 2.42. The number of aromatic nitrogens is 1. The van der Waals surface area contributed by atoms with Crippen molar-refractivity contribution in [2.24, 2.45) is 0 Å². The fraction of sp³-hybridized carbons (Fsp3) is 0.438. The largest absolute Gasteiger partial charge is 0.336 e. The molecule has 120 valence electrons. The van der Waals surface area contributed by atoms with Gasteiger partial charge in [0, 0.05) is 10.9 Å². The van der Waals surface area contributed by atoms with Gasteiger partial charge in [-0.15, -0.1) is 0 Å². The summed E-state index contributed by atoms with van der Waals surface area (Å²) in [6, 6.07) is 5.96. The lowest BCUT2D eigenvalue weighted by molar-refractivity contribution is 0.314. The second-order valence-corrected chi connectivity index (χ2v) is 8.70. The molecular weight excluding hydrogens is 412 g/mol. The van der Waals surface area contributed by atoms with Gasteiger partial charge in [-0.3, -0.25) is 4.57 Å². The van der Waals surface area contributed by atoms with E-state index in [1.165, 1.54) is 0 Å². The van der Waals surface area contributed by atoms with E-state index in [0.717, 1.165) is 22.0 Å². The fourth-order valence-electron chi connectivity index (χ4n) is 2.94. The van der Waals surface area contributed by atoms with E-state index in [0.29, 0.717) is 22.1 Å². The molecule has 22 heavy (non-hydrogen) atoms. The van der Waals surface area contributed by atoms with E-state index in [1.54, 1.807) is 0 Å². The van der Waals surface area contributed by atoms with Crippen LogP contribution in [0.2, 0.25) is 0 Å². The summed E-state index contributed by atoms with van der Waals surface area (Å²) >= 11 is 2.09. The predicted octanol–water partition coefficient (Wildman–Crippen LogP) is 4.65. The molecule has 0 fully saturated rings. The minimum atomic E-state index is -4.30. The molecule has 1 aromatic carbocycles. The minimum absolute atomic E-state index is 0.377. The maximum absolute atomic E-state index is 12.2. The molecule has 2 aromatic rings. The van der Waals surface area contributed by atoms with Gasteiger partial charge >= 0.3 is 7.60 Å². The number of pyridine rings is 1. The number of rotatable bonds is 4. The van der Waals surface area contributed by atoms with E-state index in [4.69, 9.17) is 0 Å². The van der Waals surface area contributed by atoms with Gasteiger partial charge in [0.05, 0.1) is 10.7 Å². The van der Waals surface area contributed by atoms with E-state index in [2.05, 4.69) is 27.6 Å². The maximum Gasteiger partial charge on any atom is 0.336 e. The van der Waals surface area contributed by atoms with Gasteiger partial charge < -0.3 is 9.79 Å². The third kappa shape index (κ3) is 2.84. The van der Waals surface area contributed by atoms with Crippen molar-refractivity contribution in [3.05, 3.63) is 38.6 Å². The second-order valence-electron chi connectivity index (χ2n) is 5.74. The lowest BCUT2D eigenvalue weighted by atomic mass is 9.92. The molecule has 0 aliphatic heterocycles. The van der Waals surface area contributed by atoms with Crippen molar-refractivity contribution in [3.63, 3.8) is 0 Å². The van der Waals surface area contributed by atoms with Gasteiger partial charge in [-0.1, -0.05) is 13.8 Å². The summed E-state index contributed by atoms with van der Waals surface area (Å²) in [5.41, 5.74) is 3.83. The molecule has 4 nitrogen and oxygen atoms in total. The van der Waals surface area contributed by atoms with Crippen LogP contribution in [-0.2, 0) is 9.72 Å². The highest BCUT2D eigenvalue weighted by Gasteiger charge is 2.46. The lowest BCUT2D eigenvalue weighted by Crippen LogP contribution is -2.26. The SMILES string of the molecule is CCC(CC)(c1cc2cc(C)c(C)cc2nc1I)P(=O)(O)O. The van der Waals surface area contributed by atoms with E-state index >= 15 is 0 Å². The smallest absolute Gasteiger partial charge is 0.324 e. The second kappa shape index (κ2) is 6.19. The van der Waals surface area contributed by atoms with Crippen LogP contribution in [-0.4, -0.2) is 14.8 Å². The quantitative estimate of drug-likeness (QED) is 0.419. The number of hydrogen-bond donors (Lipinski definition) is 2. The molecule has 0 bridgehead atoms. The summed E-state index contributed by atoms with van der Waals surface area (Å²) in [6.07, 6.45) is 0.754. The van der Waals surface area contributed by atoms with Gasteiger partial charge in [0.15, 0.2) is 0 Å². The Morgan fingerprint density at radius 1 is 1.14 bits per heavy atom. The number of fused-ring (bicyclic) bond motifs is 1. The molecular formula is C16H21INO3P. The summed E-state index contributed by atoms with van der Waals surface area (Å²) in [5, 5.41) is -0.234. The van der Waals surface area contributed by atoms with Crippen LogP contribution in [0.4, 0.5) is 0 Å². The molecule has 2 rings (SSSR count). The third-order valence-corrected chi connectivity index (χ3v) is 7.42. The molecule has 0 radical (unpaired) electrons. The molecule has 1 heterocycles. The highest BCUT2D eigenvalue weighted by Crippen LogP contribution is 2.61. The predicted molar refractivity (Wildman–Crippen MR) is 98.2 cm³/mol. The number of aryl methyl sites for hydroxylation is 2. The number of halogens is 1. The average molecular weight is 433 g/mol. The van der Waals surface area contributed by atoms with Crippen molar-refractivity contribution >= 4 is 41.1 Å². The van der Waals surface area contributed by atoms with Crippen molar-refractivity contribution in [2.75, 3.05) is 0 Å². The van der Waals surface area contributed by atoms with Crippen molar-refractivity contribution < 1.29 is 14.4 Å². The maximum atomic E-state index is 12.2. The molecule has 6 heteroatoms. The summed E-state index contributed by atoms with van der Waals surface area (Å²) in [7, 11) is -4.30. The molecule has 0 saturated carbocycles. The molecule has 2 N–H and O–H groups in total. The van der Waals surface area contributed by atoms with Crippen LogP contribution in [0.1, 0.15) is 43.4 Å². The Hall–Kier alpha value is -0.490. The first kappa shape index (κ1) is 17.9. The highest BCUT2D eigenvalue weighted by atomic mass is 127. The van der Waals surface area contributed by atoms with E-state index < -0.39 is 12.8 Å². The normalized spacial score (nSPS) is 12.9. The number of hydrogen-bond acceptors (Lipinski definition) is 2. The Labute approximate surface area is 144 Å². The lowest BCUT2D eigenvalue weighted by Gasteiger charge is -2.33. The van der Waals surface area contributed by atoms with E-state index in [9.17, 15) is 14.4 Å². The molecule has 0 aliphatic carbocycles. The zero-order valence-electron chi connectivity index (χ0n) is 13.2. The Balaban J connectivity index is 2.82. The molecule has 1 aromatic heterocycles. The van der Waals surface area contributed by atoms with Gasteiger partial charge in [0.1, 0.15) is 3.70 Å². The topological polar surface area (TPSA) is 70.4 Å². The molecule has 0 unspecified atom stereocenters. The van der Waals surface area contributed by atoms with E-state index in [-0.39, 0.29) is 0 Å². The zero-order chi connectivity index (χ0) is 16.7. The van der Waals surface area contributed by atoms with Crippen molar-refractivity contribution in [1.82, 2.24) is 4.98 Å². The monoisotopic (exact) mass is 433 g/mol. The molecule has 0 saturated heterocycles. The summed E-state index contributed by atoms with van der Waals surface area (Å²) in [6.45, 7) is 7.71. The van der Waals surface area contributed by atoms with Gasteiger partial charge in [0.2, 0.25) is 0 Å². The number of nitrogens with zero attached hydrogens (tertiary/aromatic N) is 1. The van der Waals surface area contributed by atoms with Crippen molar-refractivity contribution in [3.8, 4) is 0 Å². The first-order valence-corrected chi connectivity index (χ1v) is 9.99. The van der Waals surface area contributed by atoms with Crippen LogP contribution < -0.4 is 0 Å². The molecule has 0 amide bonds. The third-order valence-electron chi connectivity index (χ3n) is 4.61. The van der Waals surface area contributed by atoms with Crippen molar-refractivity contribution in [2.45, 2.75) is 45.7 Å². The summed E-state index contributed by atoms with van der Waals surface area (Å²) in [5.74, 6) is 0. The van der Waals surface area contributed by atoms with Gasteiger partial charge in [-0.2, -0.15) is 0 Å². The first-order chi connectivity index (χ1) is 10.2. The van der Waals surface area contributed by atoms with Crippen LogP contribution >= 0.6 is 30.2 Å². The van der Waals surface area contributed by atoms with Gasteiger partial charge in [0.25, 0.3) is 0 Å². The summed E-state index contributed by atoms with van der Waals surface area (Å²) < 4.78 is 12.9. The van der Waals surface area contributed by atoms with Gasteiger partial charge in [-0.25, -0.2) is 4.98 Å². The Morgan fingerprint density at radius 3 is 2.18 bits per heavy atom. The highest BCUT2D eigenvalue weighted by molar-refractivity contribution is 14.1. The van der Waals surface area contributed by atoms with Crippen LogP contribution in [0.25, 0.3) is 10.9 Å². The van der Waals surface area contributed by atoms with Gasteiger partial charge in [-0.05, 0) is 78.6 Å². The fourth-order valence-corrected chi connectivity index (χ4v) is 5.40. The van der Waals surface area contributed by atoms with E-state index in [1.807, 2.05) is 45.9 Å². The minimum Gasteiger partial charge on any atom is -0.324 e. The van der Waals surface area contributed by atoms with Crippen LogP contribution in [0.15, 0.2) is 18.2 Å². The standard InChI is InChI=1S/C16H21INO3P/c1-5-16(6-2,22(19,20)21)13-9-12-7-10(3)11(4)8-14(12)18-15(13)17/h7-9H,5-6H2,1-4H3,(H2,19,20,21). The molecule has 0 aliphatic rings. The molecule has 0 spiro atoms. The Bertz CT molecular complexity index is 766. The summed E-state index contributed by atoms with van der Waals surface area (Å²) in [4.78, 5) is 24.5. The zero-order valence-corrected chi connectivity index (χ0v) is 16.3. The Morgan fingerprint density at radius 2 is 1.68 bits per heavy atom. The van der Waals surface area contributed by atoms with Crippen LogP contribution in [0, 0.1) is 17.5 Å². The van der Waals surface area contributed by atoms with Crippen LogP contribution in [0.3, 0.4) is 0 Å². The molecule has 0 atom stereocenters. The number of benzene rings is 1. The Kier molecular flexibility index (Phi) is 5.03. The van der Waals surface area contributed by atoms with Crippen LogP contribution in [0.5, 0.6) is 0 Å². The first-order valence-electron chi connectivity index (χ1n) is 7.30.